The van der Waals surface area contributed by atoms with Gasteiger partial charge in [-0.1, -0.05) is 129 Å². The highest BCUT2D eigenvalue weighted by atomic mass is 16.5. The molecule has 0 aromatic heterocycles. The predicted molar refractivity (Wildman–Crippen MR) is 178 cm³/mol. The van der Waals surface area contributed by atoms with E-state index in [4.69, 9.17) is 10.5 Å². The second-order valence-electron chi connectivity index (χ2n) is 11.8. The van der Waals surface area contributed by atoms with E-state index in [1.807, 2.05) is 129 Å². The summed E-state index contributed by atoms with van der Waals surface area (Å²) in [7, 11) is 0. The van der Waals surface area contributed by atoms with Crippen LogP contribution in [0.4, 0.5) is 4.79 Å². The number of rotatable bonds is 15. The Hall–Kier alpha value is -4.91. The lowest BCUT2D eigenvalue weighted by Crippen LogP contribution is -2.52. The van der Waals surface area contributed by atoms with E-state index in [0.29, 0.717) is 19.4 Å². The van der Waals surface area contributed by atoms with Crippen molar-refractivity contribution in [2.75, 3.05) is 13.1 Å². The number of primary amides is 1. The number of nitrogens with zero attached hydrogens (tertiary/aromatic N) is 1. The normalized spacial score (nSPS) is 12.2. The van der Waals surface area contributed by atoms with Gasteiger partial charge in [0.25, 0.3) is 0 Å². The molecule has 3 amide bonds. The van der Waals surface area contributed by atoms with E-state index >= 15 is 0 Å². The van der Waals surface area contributed by atoms with Crippen LogP contribution < -0.4 is 11.1 Å². The molecular formula is C38H43N3O4. The smallest absolute Gasteiger partial charge is 0.329 e. The fourth-order valence-electron chi connectivity index (χ4n) is 5.22. The number of amides is 3. The number of esters is 1. The first-order valence-electron chi connectivity index (χ1n) is 15.5. The lowest BCUT2D eigenvalue weighted by molar-refractivity contribution is -0.147. The third kappa shape index (κ3) is 10.6. The first-order valence-corrected chi connectivity index (χ1v) is 15.5. The van der Waals surface area contributed by atoms with Crippen molar-refractivity contribution in [2.24, 2.45) is 17.6 Å². The maximum atomic E-state index is 13.8. The first kappa shape index (κ1) is 33.0. The van der Waals surface area contributed by atoms with Crippen LogP contribution in [0.2, 0.25) is 0 Å². The summed E-state index contributed by atoms with van der Waals surface area (Å²) in [5.74, 6) is -1.39. The number of ether oxygens (including phenoxy) is 1. The molecule has 0 aliphatic rings. The minimum Gasteiger partial charge on any atom is -0.459 e. The van der Waals surface area contributed by atoms with Gasteiger partial charge in [0.05, 0.1) is 5.92 Å². The van der Waals surface area contributed by atoms with Crippen molar-refractivity contribution in [2.45, 2.75) is 45.8 Å². The maximum Gasteiger partial charge on any atom is 0.329 e. The number of hydrogen-bond acceptors (Lipinski definition) is 4. The average molecular weight is 606 g/mol. The topological polar surface area (TPSA) is 102 Å². The second-order valence-corrected chi connectivity index (χ2v) is 11.8. The molecule has 0 spiro atoms. The number of hydrogen-bond donors (Lipinski definition) is 2. The SMILES string of the molecule is CC(C)CN(CC(CCc1ccccc1)C(N)=O)C(=O)N[C@@H](Cc1ccc(-c2ccccc2)cc1)C(=O)OCc1ccccc1. The van der Waals surface area contributed by atoms with Gasteiger partial charge in [0.15, 0.2) is 0 Å². The molecular weight excluding hydrogens is 562 g/mol. The van der Waals surface area contributed by atoms with Gasteiger partial charge >= 0.3 is 12.0 Å². The van der Waals surface area contributed by atoms with E-state index in [-0.39, 0.29) is 25.5 Å². The molecule has 1 unspecified atom stereocenters. The molecule has 45 heavy (non-hydrogen) atoms. The molecule has 3 N–H and O–H groups in total. The Balaban J connectivity index is 1.50. The molecule has 0 radical (unpaired) electrons. The van der Waals surface area contributed by atoms with Crippen molar-refractivity contribution in [1.29, 1.82) is 0 Å². The molecule has 4 rings (SSSR count). The van der Waals surface area contributed by atoms with Gasteiger partial charge in [-0.3, -0.25) is 4.79 Å². The number of urea groups is 1. The van der Waals surface area contributed by atoms with Crippen LogP contribution in [0.25, 0.3) is 11.1 Å². The number of nitrogens with one attached hydrogen (secondary N) is 1. The van der Waals surface area contributed by atoms with Crippen LogP contribution >= 0.6 is 0 Å². The Morgan fingerprint density at radius 2 is 1.27 bits per heavy atom. The van der Waals surface area contributed by atoms with Crippen LogP contribution in [-0.2, 0) is 33.8 Å². The van der Waals surface area contributed by atoms with Gasteiger partial charge in [0, 0.05) is 19.5 Å². The molecule has 0 aliphatic heterocycles. The Labute approximate surface area is 266 Å². The van der Waals surface area contributed by atoms with Gasteiger partial charge < -0.3 is 20.7 Å². The number of aryl methyl sites for hydroxylation is 1. The largest absolute Gasteiger partial charge is 0.459 e. The molecule has 4 aromatic rings. The molecule has 4 aromatic carbocycles. The van der Waals surface area contributed by atoms with Crippen molar-refractivity contribution in [3.8, 4) is 11.1 Å². The minimum atomic E-state index is -0.935. The molecule has 0 aliphatic carbocycles. The van der Waals surface area contributed by atoms with Gasteiger partial charge in [0.1, 0.15) is 12.6 Å². The zero-order valence-electron chi connectivity index (χ0n) is 26.1. The summed E-state index contributed by atoms with van der Waals surface area (Å²) in [5, 5.41) is 2.93. The van der Waals surface area contributed by atoms with E-state index in [1.165, 1.54) is 0 Å². The molecule has 0 saturated carbocycles. The summed E-state index contributed by atoms with van der Waals surface area (Å²) in [4.78, 5) is 41.3. The quantitative estimate of drug-likeness (QED) is 0.153. The summed E-state index contributed by atoms with van der Waals surface area (Å²) in [6.07, 6.45) is 1.42. The Bertz CT molecular complexity index is 1490. The van der Waals surface area contributed by atoms with E-state index in [2.05, 4.69) is 5.32 Å². The van der Waals surface area contributed by atoms with Crippen molar-refractivity contribution in [3.05, 3.63) is 132 Å². The van der Waals surface area contributed by atoms with Crippen molar-refractivity contribution in [3.63, 3.8) is 0 Å². The van der Waals surface area contributed by atoms with Crippen molar-refractivity contribution >= 4 is 17.9 Å². The molecule has 7 heteroatoms. The van der Waals surface area contributed by atoms with Crippen molar-refractivity contribution in [1.82, 2.24) is 10.2 Å². The lowest BCUT2D eigenvalue weighted by atomic mass is 9.98. The van der Waals surface area contributed by atoms with E-state index in [0.717, 1.165) is 27.8 Å². The van der Waals surface area contributed by atoms with Gasteiger partial charge in [-0.25, -0.2) is 9.59 Å². The van der Waals surface area contributed by atoms with Crippen molar-refractivity contribution < 1.29 is 19.1 Å². The maximum absolute atomic E-state index is 13.8. The summed E-state index contributed by atoms with van der Waals surface area (Å²) < 4.78 is 5.68. The van der Waals surface area contributed by atoms with Crippen LogP contribution in [0.1, 0.15) is 37.0 Å². The molecule has 2 atom stereocenters. The third-order valence-electron chi connectivity index (χ3n) is 7.65. The molecule has 0 fully saturated rings. The Kier molecular flexibility index (Phi) is 12.3. The van der Waals surface area contributed by atoms with Crippen LogP contribution in [0.5, 0.6) is 0 Å². The Morgan fingerprint density at radius 3 is 1.84 bits per heavy atom. The number of nitrogens with two attached hydrogens (primary N) is 1. The minimum absolute atomic E-state index is 0.0952. The summed E-state index contributed by atoms with van der Waals surface area (Å²) in [6.45, 7) is 4.66. The predicted octanol–water partition coefficient (Wildman–Crippen LogP) is 6.41. The van der Waals surface area contributed by atoms with Gasteiger partial charge in [-0.15, -0.1) is 0 Å². The highest BCUT2D eigenvalue weighted by molar-refractivity contribution is 5.84. The highest BCUT2D eigenvalue weighted by Crippen LogP contribution is 2.20. The van der Waals surface area contributed by atoms with E-state index < -0.39 is 29.9 Å². The van der Waals surface area contributed by atoms with E-state index in [9.17, 15) is 14.4 Å². The molecule has 0 saturated heterocycles. The highest BCUT2D eigenvalue weighted by Gasteiger charge is 2.28. The standard InChI is InChI=1S/C38H43N3O4/c1-28(2)25-41(26-34(36(39)42)23-18-29-12-6-3-7-13-29)38(44)40-35(37(43)45-27-31-14-8-4-9-15-31)24-30-19-21-33(22-20-30)32-16-10-5-11-17-32/h3-17,19-22,28,34-35H,18,23-27H2,1-2H3,(H2,39,42)(H,40,44)/t34?,35-/m0/s1. The summed E-state index contributed by atoms with van der Waals surface area (Å²) >= 11 is 0. The van der Waals surface area contributed by atoms with Gasteiger partial charge in [-0.2, -0.15) is 0 Å². The second kappa shape index (κ2) is 16.8. The van der Waals surface area contributed by atoms with Crippen LogP contribution in [0, 0.1) is 11.8 Å². The zero-order valence-corrected chi connectivity index (χ0v) is 26.1. The molecule has 0 heterocycles. The number of carbonyl (C=O) groups is 3. The number of carbonyl (C=O) groups excluding carboxylic acids is 3. The molecule has 7 nitrogen and oxygen atoms in total. The third-order valence-corrected chi connectivity index (χ3v) is 7.65. The van der Waals surface area contributed by atoms with Crippen LogP contribution in [0.3, 0.4) is 0 Å². The van der Waals surface area contributed by atoms with Gasteiger partial charge in [-0.05, 0) is 46.6 Å². The Morgan fingerprint density at radius 1 is 0.711 bits per heavy atom. The first-order chi connectivity index (χ1) is 21.8. The lowest BCUT2D eigenvalue weighted by Gasteiger charge is -2.30. The molecule has 0 bridgehead atoms. The summed E-state index contributed by atoms with van der Waals surface area (Å²) in [6, 6.07) is 35.9. The van der Waals surface area contributed by atoms with Gasteiger partial charge in [0.2, 0.25) is 5.91 Å². The fourth-order valence-corrected chi connectivity index (χ4v) is 5.22. The summed E-state index contributed by atoms with van der Waals surface area (Å²) in [5.41, 5.74) is 10.8. The molecule has 234 valence electrons. The van der Waals surface area contributed by atoms with Crippen LogP contribution in [0.15, 0.2) is 115 Å². The fraction of sp³-hybridized carbons (Fsp3) is 0.289. The van der Waals surface area contributed by atoms with E-state index in [1.54, 1.807) is 4.90 Å². The zero-order chi connectivity index (χ0) is 32.0. The number of benzene rings is 4. The monoisotopic (exact) mass is 605 g/mol. The average Bonchev–Trinajstić information content (AvgIpc) is 3.06. The van der Waals surface area contributed by atoms with Crippen LogP contribution in [-0.4, -0.2) is 41.9 Å².